The zero-order valence-corrected chi connectivity index (χ0v) is 13.8. The van der Waals surface area contributed by atoms with Crippen LogP contribution in [-0.2, 0) is 11.3 Å². The summed E-state index contributed by atoms with van der Waals surface area (Å²) in [6.45, 7) is 1.12. The van der Waals surface area contributed by atoms with Crippen LogP contribution < -0.4 is 11.4 Å². The molecule has 6 heteroatoms. The number of likely N-dealkylation sites (tertiary alicyclic amines) is 1. The van der Waals surface area contributed by atoms with Crippen LogP contribution in [0.5, 0.6) is 0 Å². The molecule has 2 aromatic carbocycles. The number of imidazole rings is 1. The highest BCUT2D eigenvalue weighted by molar-refractivity contribution is 5.80. The molecule has 2 heterocycles. The van der Waals surface area contributed by atoms with Gasteiger partial charge in [-0.1, -0.05) is 42.5 Å². The number of aromatic amines is 1. The van der Waals surface area contributed by atoms with Crippen molar-refractivity contribution in [3.63, 3.8) is 0 Å². The van der Waals surface area contributed by atoms with Crippen LogP contribution >= 0.6 is 0 Å². The monoisotopic (exact) mass is 336 g/mol. The average molecular weight is 336 g/mol. The average Bonchev–Trinajstić information content (AvgIpc) is 3.16. The maximum atomic E-state index is 12.7. The highest BCUT2D eigenvalue weighted by atomic mass is 16.2. The number of nitrogens with zero attached hydrogens (tertiary/aromatic N) is 2. The van der Waals surface area contributed by atoms with E-state index >= 15 is 0 Å². The summed E-state index contributed by atoms with van der Waals surface area (Å²) in [4.78, 5) is 29.4. The van der Waals surface area contributed by atoms with Crippen molar-refractivity contribution >= 4 is 16.9 Å². The smallest absolute Gasteiger partial charge is 0.326 e. The summed E-state index contributed by atoms with van der Waals surface area (Å²) in [5, 5.41) is 0. The van der Waals surface area contributed by atoms with Crippen molar-refractivity contribution in [2.75, 3.05) is 13.1 Å². The number of hydrogen-bond acceptors (Lipinski definition) is 3. The lowest BCUT2D eigenvalue weighted by Gasteiger charge is -2.17. The third kappa shape index (κ3) is 2.85. The zero-order valence-electron chi connectivity index (χ0n) is 13.8. The van der Waals surface area contributed by atoms with Gasteiger partial charge in [0.05, 0.1) is 11.0 Å². The van der Waals surface area contributed by atoms with E-state index in [2.05, 4.69) is 4.98 Å². The van der Waals surface area contributed by atoms with Crippen molar-refractivity contribution in [1.29, 1.82) is 0 Å². The number of nitrogens with two attached hydrogens (primary N) is 1. The van der Waals surface area contributed by atoms with E-state index < -0.39 is 0 Å². The number of nitrogens with one attached hydrogen (secondary N) is 1. The molecular formula is C19H20N4O2. The second-order valence-electron chi connectivity index (χ2n) is 6.51. The molecule has 6 nitrogen and oxygen atoms in total. The first-order chi connectivity index (χ1) is 12.1. The number of hydrogen-bond donors (Lipinski definition) is 2. The van der Waals surface area contributed by atoms with E-state index in [1.165, 1.54) is 4.57 Å². The quantitative estimate of drug-likeness (QED) is 0.756. The summed E-state index contributed by atoms with van der Waals surface area (Å²) in [6, 6.07) is 17.3. The summed E-state index contributed by atoms with van der Waals surface area (Å²) in [5.74, 6) is 0.0468. The summed E-state index contributed by atoms with van der Waals surface area (Å²) < 4.78 is 1.49. The van der Waals surface area contributed by atoms with Gasteiger partial charge in [0.25, 0.3) is 0 Å². The summed E-state index contributed by atoms with van der Waals surface area (Å²) >= 11 is 0. The first-order valence-corrected chi connectivity index (χ1v) is 8.39. The van der Waals surface area contributed by atoms with E-state index in [0.29, 0.717) is 13.1 Å². The normalized spacial score (nSPS) is 20.3. The van der Waals surface area contributed by atoms with Crippen LogP contribution in [0.25, 0.3) is 11.0 Å². The molecule has 0 radical (unpaired) electrons. The van der Waals surface area contributed by atoms with Gasteiger partial charge in [-0.2, -0.15) is 0 Å². The molecule has 4 rings (SSSR count). The van der Waals surface area contributed by atoms with Gasteiger partial charge in [0, 0.05) is 25.0 Å². The van der Waals surface area contributed by atoms with Crippen molar-refractivity contribution in [3.05, 3.63) is 70.6 Å². The lowest BCUT2D eigenvalue weighted by Crippen LogP contribution is -2.36. The van der Waals surface area contributed by atoms with Gasteiger partial charge in [-0.25, -0.2) is 4.79 Å². The second kappa shape index (κ2) is 6.22. The Kier molecular flexibility index (Phi) is 3.89. The highest BCUT2D eigenvalue weighted by Crippen LogP contribution is 2.26. The first-order valence-electron chi connectivity index (χ1n) is 8.39. The summed E-state index contributed by atoms with van der Waals surface area (Å²) in [5.41, 5.74) is 8.62. The molecule has 0 bridgehead atoms. The number of amides is 1. The number of rotatable bonds is 3. The van der Waals surface area contributed by atoms with Crippen molar-refractivity contribution in [2.45, 2.75) is 18.5 Å². The largest absolute Gasteiger partial charge is 0.339 e. The molecule has 1 fully saturated rings. The van der Waals surface area contributed by atoms with Gasteiger partial charge in [-0.3, -0.25) is 9.36 Å². The fraction of sp³-hybridized carbons (Fsp3) is 0.263. The second-order valence-corrected chi connectivity index (χ2v) is 6.51. The lowest BCUT2D eigenvalue weighted by molar-refractivity contribution is -0.130. The molecule has 128 valence electrons. The van der Waals surface area contributed by atoms with Crippen LogP contribution in [0, 0.1) is 0 Å². The number of carbonyl (C=O) groups excluding carboxylic acids is 1. The van der Waals surface area contributed by atoms with Crippen LogP contribution in [-0.4, -0.2) is 39.5 Å². The molecule has 0 saturated carbocycles. The van der Waals surface area contributed by atoms with Gasteiger partial charge in [-0.05, 0) is 17.7 Å². The molecule has 3 aromatic rings. The Hall–Kier alpha value is -2.86. The van der Waals surface area contributed by atoms with E-state index in [0.717, 1.165) is 16.6 Å². The van der Waals surface area contributed by atoms with E-state index in [4.69, 9.17) is 5.73 Å². The van der Waals surface area contributed by atoms with E-state index in [1.807, 2.05) is 54.6 Å². The molecule has 0 aliphatic carbocycles. The predicted molar refractivity (Wildman–Crippen MR) is 96.3 cm³/mol. The fourth-order valence-corrected chi connectivity index (χ4v) is 3.58. The highest BCUT2D eigenvalue weighted by Gasteiger charge is 2.34. The molecule has 1 aliphatic rings. The van der Waals surface area contributed by atoms with Crippen LogP contribution in [0.2, 0.25) is 0 Å². The van der Waals surface area contributed by atoms with Crippen LogP contribution in [0.1, 0.15) is 11.5 Å². The van der Waals surface area contributed by atoms with Crippen molar-refractivity contribution in [3.8, 4) is 0 Å². The minimum atomic E-state index is -0.266. The van der Waals surface area contributed by atoms with Crippen LogP contribution in [0.4, 0.5) is 0 Å². The standard InChI is InChI=1S/C19H20N4O2/c20-15-11-22(10-14(15)13-6-2-1-3-7-13)18(24)12-23-17-9-5-4-8-16(17)21-19(23)25/h1-9,14-15H,10-12,20H2,(H,21,25)/t14-,15+/m0/s1. The van der Waals surface area contributed by atoms with E-state index in [9.17, 15) is 9.59 Å². The van der Waals surface area contributed by atoms with Gasteiger partial charge >= 0.3 is 5.69 Å². The number of benzene rings is 2. The third-order valence-corrected chi connectivity index (χ3v) is 4.92. The Morgan fingerprint density at radius 1 is 1.08 bits per heavy atom. The number of fused-ring (bicyclic) bond motifs is 1. The molecular weight excluding hydrogens is 316 g/mol. The van der Waals surface area contributed by atoms with Crippen LogP contribution in [0.15, 0.2) is 59.4 Å². The van der Waals surface area contributed by atoms with Gasteiger partial charge in [0.15, 0.2) is 0 Å². The van der Waals surface area contributed by atoms with E-state index in [1.54, 1.807) is 4.90 Å². The lowest BCUT2D eigenvalue weighted by atomic mass is 9.95. The van der Waals surface area contributed by atoms with Gasteiger partial charge in [0.2, 0.25) is 5.91 Å². The molecule has 0 spiro atoms. The Balaban J connectivity index is 1.54. The topological polar surface area (TPSA) is 84.1 Å². The number of H-pyrrole nitrogens is 1. The van der Waals surface area contributed by atoms with Crippen molar-refractivity contribution in [1.82, 2.24) is 14.5 Å². The fourth-order valence-electron chi connectivity index (χ4n) is 3.58. The molecule has 1 aromatic heterocycles. The first kappa shape index (κ1) is 15.7. The molecule has 2 atom stereocenters. The maximum absolute atomic E-state index is 12.7. The third-order valence-electron chi connectivity index (χ3n) is 4.92. The maximum Gasteiger partial charge on any atom is 0.326 e. The van der Waals surface area contributed by atoms with Gasteiger partial charge in [0.1, 0.15) is 6.54 Å². The van der Waals surface area contributed by atoms with Crippen molar-refractivity contribution < 1.29 is 4.79 Å². The molecule has 25 heavy (non-hydrogen) atoms. The Labute approximate surface area is 144 Å². The zero-order chi connectivity index (χ0) is 17.4. The van der Waals surface area contributed by atoms with E-state index in [-0.39, 0.29) is 30.1 Å². The minimum absolute atomic E-state index is 0.0249. The predicted octanol–water partition coefficient (Wildman–Crippen LogP) is 1.28. The Morgan fingerprint density at radius 2 is 1.80 bits per heavy atom. The SMILES string of the molecule is N[C@@H]1CN(C(=O)Cn2c(=O)[nH]c3ccccc32)C[C@H]1c1ccccc1. The van der Waals surface area contributed by atoms with Crippen molar-refractivity contribution in [2.24, 2.45) is 5.73 Å². The minimum Gasteiger partial charge on any atom is -0.339 e. The number of aromatic nitrogens is 2. The molecule has 3 N–H and O–H groups in total. The molecule has 1 aliphatic heterocycles. The Morgan fingerprint density at radius 3 is 2.60 bits per heavy atom. The number of carbonyl (C=O) groups is 1. The number of para-hydroxylation sites is 2. The molecule has 0 unspecified atom stereocenters. The molecule has 1 amide bonds. The van der Waals surface area contributed by atoms with Crippen LogP contribution in [0.3, 0.4) is 0 Å². The van der Waals surface area contributed by atoms with Gasteiger partial charge < -0.3 is 15.6 Å². The summed E-state index contributed by atoms with van der Waals surface area (Å²) in [7, 11) is 0. The Bertz CT molecular complexity index is 960. The summed E-state index contributed by atoms with van der Waals surface area (Å²) in [6.07, 6.45) is 0. The molecule has 1 saturated heterocycles. The van der Waals surface area contributed by atoms with Gasteiger partial charge in [-0.15, -0.1) is 0 Å².